The fraction of sp³-hybridized carbons (Fsp3) is 0.200. The molecule has 100 valence electrons. The van der Waals surface area contributed by atoms with Crippen LogP contribution in [0.4, 0.5) is 0 Å². The summed E-state index contributed by atoms with van der Waals surface area (Å²) in [5.41, 5.74) is 8.56. The van der Waals surface area contributed by atoms with Crippen LogP contribution in [0.25, 0.3) is 0 Å². The van der Waals surface area contributed by atoms with E-state index in [1.165, 1.54) is 9.13 Å². The number of hydrogen-bond acceptors (Lipinski definition) is 2. The van der Waals surface area contributed by atoms with Gasteiger partial charge in [-0.2, -0.15) is 0 Å². The van der Waals surface area contributed by atoms with Crippen molar-refractivity contribution in [3.05, 3.63) is 61.6 Å². The molecule has 0 amide bonds. The van der Waals surface area contributed by atoms with Crippen LogP contribution < -0.4 is 10.5 Å². The lowest BCUT2D eigenvalue weighted by molar-refractivity contribution is 0.405. The first-order valence-electron chi connectivity index (χ1n) is 5.93. The minimum Gasteiger partial charge on any atom is -0.496 e. The van der Waals surface area contributed by atoms with Gasteiger partial charge >= 0.3 is 0 Å². The molecule has 2 aromatic rings. The molecule has 0 aromatic heterocycles. The summed E-state index contributed by atoms with van der Waals surface area (Å²) in [6.07, 6.45) is 0.801. The Hall–Kier alpha value is -0.590. The van der Waals surface area contributed by atoms with Gasteiger partial charge in [0.2, 0.25) is 0 Å². The van der Waals surface area contributed by atoms with Gasteiger partial charge in [0, 0.05) is 19.6 Å². The summed E-state index contributed by atoms with van der Waals surface area (Å²) in [5.74, 6) is 0.826. The van der Waals surface area contributed by atoms with Gasteiger partial charge in [0.1, 0.15) is 5.75 Å². The van der Waals surface area contributed by atoms with Gasteiger partial charge in [-0.1, -0.05) is 34.1 Å². The molecule has 2 aromatic carbocycles. The van der Waals surface area contributed by atoms with Gasteiger partial charge in [0.15, 0.2) is 0 Å². The van der Waals surface area contributed by atoms with Crippen molar-refractivity contribution >= 4 is 38.5 Å². The zero-order valence-corrected chi connectivity index (χ0v) is 14.3. The first-order chi connectivity index (χ1) is 9.10. The van der Waals surface area contributed by atoms with E-state index in [1.807, 2.05) is 18.2 Å². The van der Waals surface area contributed by atoms with E-state index in [0.29, 0.717) is 0 Å². The fourth-order valence-electron chi connectivity index (χ4n) is 1.98. The summed E-state index contributed by atoms with van der Waals surface area (Å²) in [4.78, 5) is 0. The van der Waals surface area contributed by atoms with E-state index in [-0.39, 0.29) is 6.04 Å². The standard InChI is InChI=1S/C15H15BrINO/c1-19-15-9-11(16)4-7-13(15)14(18)8-10-2-5-12(17)6-3-10/h2-7,9,14H,8,18H2,1H3. The second-order valence-corrected chi connectivity index (χ2v) is 6.48. The Labute approximate surface area is 135 Å². The van der Waals surface area contributed by atoms with Gasteiger partial charge in [-0.05, 0) is 58.8 Å². The Morgan fingerprint density at radius 1 is 1.21 bits per heavy atom. The zero-order valence-electron chi connectivity index (χ0n) is 10.6. The third-order valence-corrected chi connectivity index (χ3v) is 4.18. The van der Waals surface area contributed by atoms with Gasteiger partial charge < -0.3 is 10.5 Å². The van der Waals surface area contributed by atoms with Gasteiger partial charge in [0.05, 0.1) is 7.11 Å². The highest BCUT2D eigenvalue weighted by molar-refractivity contribution is 14.1. The van der Waals surface area contributed by atoms with E-state index < -0.39 is 0 Å². The lowest BCUT2D eigenvalue weighted by Gasteiger charge is -2.16. The predicted molar refractivity (Wildman–Crippen MR) is 90.5 cm³/mol. The Bertz CT molecular complexity index is 557. The normalized spacial score (nSPS) is 12.2. The molecule has 19 heavy (non-hydrogen) atoms. The Kier molecular flexibility index (Phi) is 5.24. The first-order valence-corrected chi connectivity index (χ1v) is 7.81. The van der Waals surface area contributed by atoms with Crippen molar-refractivity contribution in [2.45, 2.75) is 12.5 Å². The Morgan fingerprint density at radius 3 is 2.53 bits per heavy atom. The molecule has 1 unspecified atom stereocenters. The number of benzene rings is 2. The number of nitrogens with two attached hydrogens (primary N) is 1. The van der Waals surface area contributed by atoms with Gasteiger partial charge in [0.25, 0.3) is 0 Å². The maximum Gasteiger partial charge on any atom is 0.124 e. The topological polar surface area (TPSA) is 35.2 Å². The van der Waals surface area contributed by atoms with E-state index in [2.05, 4.69) is 62.8 Å². The minimum atomic E-state index is -0.0666. The molecule has 1 atom stereocenters. The molecule has 4 heteroatoms. The van der Waals surface area contributed by atoms with Gasteiger partial charge in [-0.15, -0.1) is 0 Å². The maximum absolute atomic E-state index is 6.29. The van der Waals surface area contributed by atoms with Gasteiger partial charge in [-0.25, -0.2) is 0 Å². The smallest absolute Gasteiger partial charge is 0.124 e. The monoisotopic (exact) mass is 431 g/mol. The van der Waals surface area contributed by atoms with Crippen LogP contribution in [0, 0.1) is 3.57 Å². The maximum atomic E-state index is 6.29. The molecule has 0 aliphatic rings. The molecule has 0 saturated heterocycles. The number of methoxy groups -OCH3 is 1. The molecule has 2 N–H and O–H groups in total. The quantitative estimate of drug-likeness (QED) is 0.732. The molecule has 2 nitrogen and oxygen atoms in total. The molecule has 0 heterocycles. The highest BCUT2D eigenvalue weighted by Gasteiger charge is 2.13. The largest absolute Gasteiger partial charge is 0.496 e. The molecule has 2 rings (SSSR count). The Balaban J connectivity index is 2.19. The molecule has 0 fully saturated rings. The van der Waals surface area contributed by atoms with Crippen molar-refractivity contribution in [2.24, 2.45) is 5.73 Å². The SMILES string of the molecule is COc1cc(Br)ccc1C(N)Cc1ccc(I)cc1. The molecular weight excluding hydrogens is 417 g/mol. The van der Waals surface area contributed by atoms with Crippen molar-refractivity contribution in [3.8, 4) is 5.75 Å². The van der Waals surface area contributed by atoms with Crippen LogP contribution in [0.2, 0.25) is 0 Å². The van der Waals surface area contributed by atoms with E-state index >= 15 is 0 Å². The van der Waals surface area contributed by atoms with Crippen LogP contribution in [0.5, 0.6) is 5.75 Å². The van der Waals surface area contributed by atoms with Crippen molar-refractivity contribution in [3.63, 3.8) is 0 Å². The minimum absolute atomic E-state index is 0.0666. The predicted octanol–water partition coefficient (Wildman–Crippen LogP) is 4.30. The molecule has 0 radical (unpaired) electrons. The summed E-state index contributed by atoms with van der Waals surface area (Å²) >= 11 is 5.74. The van der Waals surface area contributed by atoms with E-state index in [0.717, 1.165) is 22.2 Å². The molecule has 0 bridgehead atoms. The summed E-state index contributed by atoms with van der Waals surface area (Å²) in [6, 6.07) is 14.3. The van der Waals surface area contributed by atoms with Crippen molar-refractivity contribution < 1.29 is 4.74 Å². The second kappa shape index (κ2) is 6.72. The first kappa shape index (κ1) is 14.8. The highest BCUT2D eigenvalue weighted by Crippen LogP contribution is 2.29. The zero-order chi connectivity index (χ0) is 13.8. The van der Waals surface area contributed by atoms with E-state index in [4.69, 9.17) is 10.5 Å². The third kappa shape index (κ3) is 3.94. The van der Waals surface area contributed by atoms with Crippen LogP contribution in [0.1, 0.15) is 17.2 Å². The fourth-order valence-corrected chi connectivity index (χ4v) is 2.68. The summed E-state index contributed by atoms with van der Waals surface area (Å²) in [6.45, 7) is 0. The van der Waals surface area contributed by atoms with Crippen molar-refractivity contribution in [1.29, 1.82) is 0 Å². The van der Waals surface area contributed by atoms with Crippen molar-refractivity contribution in [2.75, 3.05) is 7.11 Å². The summed E-state index contributed by atoms with van der Waals surface area (Å²) in [5, 5.41) is 0. The molecule has 0 saturated carbocycles. The molecule has 0 aliphatic heterocycles. The average molecular weight is 432 g/mol. The van der Waals surface area contributed by atoms with Gasteiger partial charge in [-0.3, -0.25) is 0 Å². The summed E-state index contributed by atoms with van der Waals surface area (Å²) < 4.78 is 7.62. The third-order valence-electron chi connectivity index (χ3n) is 2.96. The average Bonchev–Trinajstić information content (AvgIpc) is 2.41. The number of hydrogen-bond donors (Lipinski definition) is 1. The molecule has 0 spiro atoms. The van der Waals surface area contributed by atoms with Crippen LogP contribution in [-0.2, 0) is 6.42 Å². The number of halogens is 2. The van der Waals surface area contributed by atoms with Crippen LogP contribution in [-0.4, -0.2) is 7.11 Å². The lowest BCUT2D eigenvalue weighted by Crippen LogP contribution is -2.14. The number of ether oxygens (including phenoxy) is 1. The molecule has 0 aliphatic carbocycles. The highest BCUT2D eigenvalue weighted by atomic mass is 127. The number of rotatable bonds is 4. The van der Waals surface area contributed by atoms with E-state index in [1.54, 1.807) is 7.11 Å². The van der Waals surface area contributed by atoms with Crippen molar-refractivity contribution in [1.82, 2.24) is 0 Å². The Morgan fingerprint density at radius 2 is 1.89 bits per heavy atom. The second-order valence-electron chi connectivity index (χ2n) is 4.32. The molecular formula is C15H15BrINO. The van der Waals surface area contributed by atoms with Crippen LogP contribution in [0.3, 0.4) is 0 Å². The lowest BCUT2D eigenvalue weighted by atomic mass is 9.99. The summed E-state index contributed by atoms with van der Waals surface area (Å²) in [7, 11) is 1.67. The van der Waals surface area contributed by atoms with E-state index in [9.17, 15) is 0 Å². The van der Waals surface area contributed by atoms with Crippen LogP contribution >= 0.6 is 38.5 Å². The van der Waals surface area contributed by atoms with Crippen LogP contribution in [0.15, 0.2) is 46.9 Å².